The molecule has 0 aliphatic heterocycles. The zero-order valence-corrected chi connectivity index (χ0v) is 10.9. The third-order valence-corrected chi connectivity index (χ3v) is 2.97. The number of nitrogens with zero attached hydrogens (tertiary/aromatic N) is 1. The van der Waals surface area contributed by atoms with E-state index in [-0.39, 0.29) is 12.3 Å². The maximum atomic E-state index is 11.7. The molecule has 16 heavy (non-hydrogen) atoms. The zero-order chi connectivity index (χ0) is 12.4. The first-order valence-corrected chi connectivity index (χ1v) is 6.84. The molecule has 0 fully saturated rings. The maximum absolute atomic E-state index is 11.7. The van der Waals surface area contributed by atoms with Crippen LogP contribution < -0.4 is 0 Å². The lowest BCUT2D eigenvalue weighted by molar-refractivity contribution is -0.136. The highest BCUT2D eigenvalue weighted by Gasteiger charge is 2.11. The largest absolute Gasteiger partial charge is 0.481 e. The fourth-order valence-corrected chi connectivity index (χ4v) is 2.13. The summed E-state index contributed by atoms with van der Waals surface area (Å²) in [6.07, 6.45) is 2.05. The van der Waals surface area contributed by atoms with Crippen molar-refractivity contribution in [3.63, 3.8) is 0 Å². The van der Waals surface area contributed by atoms with Gasteiger partial charge in [-0.15, -0.1) is 0 Å². The Labute approximate surface area is 101 Å². The highest BCUT2D eigenvalue weighted by molar-refractivity contribution is 7.99. The topological polar surface area (TPSA) is 57.6 Å². The predicted octanol–water partition coefficient (Wildman–Crippen LogP) is 1.84. The van der Waals surface area contributed by atoms with Crippen molar-refractivity contribution >= 4 is 23.6 Å². The summed E-state index contributed by atoms with van der Waals surface area (Å²) in [6, 6.07) is 0. The average Bonchev–Trinajstić information content (AvgIpc) is 2.23. The zero-order valence-electron chi connectivity index (χ0n) is 10.1. The molecule has 0 rings (SSSR count). The lowest BCUT2D eigenvalue weighted by Crippen LogP contribution is -2.33. The molecule has 1 N–H and O–H groups in total. The van der Waals surface area contributed by atoms with E-state index in [9.17, 15) is 9.59 Å². The van der Waals surface area contributed by atoms with Gasteiger partial charge in [-0.3, -0.25) is 9.59 Å². The van der Waals surface area contributed by atoms with Crippen molar-refractivity contribution in [1.82, 2.24) is 4.90 Å². The number of carbonyl (C=O) groups is 2. The Kier molecular flexibility index (Phi) is 9.09. The van der Waals surface area contributed by atoms with E-state index in [1.807, 2.05) is 18.7 Å². The van der Waals surface area contributed by atoms with E-state index in [4.69, 9.17) is 5.11 Å². The molecule has 0 aromatic heterocycles. The van der Waals surface area contributed by atoms with E-state index in [2.05, 4.69) is 0 Å². The van der Waals surface area contributed by atoms with Crippen LogP contribution in [0.15, 0.2) is 0 Å². The number of thioether (sulfide) groups is 1. The first kappa shape index (κ1) is 15.3. The second-order valence-corrected chi connectivity index (χ2v) is 4.68. The van der Waals surface area contributed by atoms with Crippen molar-refractivity contribution in [3.8, 4) is 0 Å². The molecule has 4 nitrogen and oxygen atoms in total. The Morgan fingerprint density at radius 1 is 1.19 bits per heavy atom. The molecule has 94 valence electrons. The first-order chi connectivity index (χ1) is 7.61. The van der Waals surface area contributed by atoms with Crippen LogP contribution in [0.2, 0.25) is 0 Å². The van der Waals surface area contributed by atoms with Gasteiger partial charge in [0.05, 0.1) is 12.2 Å². The molecule has 0 atom stereocenters. The molecular weight excluding hydrogens is 226 g/mol. The third-order valence-electron chi connectivity index (χ3n) is 2.03. The van der Waals surface area contributed by atoms with Gasteiger partial charge in [0, 0.05) is 18.8 Å². The summed E-state index contributed by atoms with van der Waals surface area (Å²) < 4.78 is 0. The van der Waals surface area contributed by atoms with Gasteiger partial charge in [0.1, 0.15) is 0 Å². The number of hydrogen-bond acceptors (Lipinski definition) is 3. The minimum atomic E-state index is -0.807. The Morgan fingerprint density at radius 3 is 2.19 bits per heavy atom. The summed E-state index contributed by atoms with van der Waals surface area (Å²) in [6.45, 7) is 5.69. The van der Waals surface area contributed by atoms with Crippen molar-refractivity contribution in [1.29, 1.82) is 0 Å². The van der Waals surface area contributed by atoms with Gasteiger partial charge in [0.25, 0.3) is 0 Å². The minimum absolute atomic E-state index is 0.124. The third kappa shape index (κ3) is 7.56. The van der Waals surface area contributed by atoms with Crippen LogP contribution >= 0.6 is 11.8 Å². The average molecular weight is 247 g/mol. The number of aliphatic carboxylic acids is 1. The molecule has 1 amide bonds. The Morgan fingerprint density at radius 2 is 1.75 bits per heavy atom. The molecule has 0 unspecified atom stereocenters. The normalized spacial score (nSPS) is 10.1. The maximum Gasteiger partial charge on any atom is 0.304 e. The van der Waals surface area contributed by atoms with Crippen molar-refractivity contribution in [2.45, 2.75) is 33.1 Å². The van der Waals surface area contributed by atoms with E-state index in [0.717, 1.165) is 25.9 Å². The summed E-state index contributed by atoms with van der Waals surface area (Å²) in [5, 5.41) is 8.45. The Bertz CT molecular complexity index is 215. The fourth-order valence-electron chi connectivity index (χ4n) is 1.31. The van der Waals surface area contributed by atoms with Gasteiger partial charge in [0.2, 0.25) is 5.91 Å². The molecule has 0 aliphatic rings. The Hall–Kier alpha value is -0.710. The molecule has 0 aliphatic carbocycles. The molecule has 0 saturated heterocycles. The van der Waals surface area contributed by atoms with Crippen LogP contribution in [0.25, 0.3) is 0 Å². The molecule has 0 radical (unpaired) electrons. The summed E-state index contributed by atoms with van der Waals surface area (Å²) in [4.78, 5) is 23.9. The molecule has 0 bridgehead atoms. The van der Waals surface area contributed by atoms with Gasteiger partial charge in [-0.2, -0.15) is 11.8 Å². The lowest BCUT2D eigenvalue weighted by Gasteiger charge is -2.21. The van der Waals surface area contributed by atoms with Crippen LogP contribution in [0.1, 0.15) is 33.1 Å². The van der Waals surface area contributed by atoms with Gasteiger partial charge >= 0.3 is 5.97 Å². The van der Waals surface area contributed by atoms with E-state index in [1.165, 1.54) is 11.8 Å². The summed E-state index contributed by atoms with van der Waals surface area (Å²) in [5.74, 6) is 0.221. The van der Waals surface area contributed by atoms with E-state index < -0.39 is 5.97 Å². The van der Waals surface area contributed by atoms with Gasteiger partial charge in [-0.25, -0.2) is 0 Å². The van der Waals surface area contributed by atoms with Crippen LogP contribution in [0.3, 0.4) is 0 Å². The second kappa shape index (κ2) is 9.51. The molecule has 5 heteroatoms. The van der Waals surface area contributed by atoms with Crippen LogP contribution in [-0.4, -0.2) is 46.5 Å². The van der Waals surface area contributed by atoms with E-state index >= 15 is 0 Å². The SMILES string of the molecule is CCCN(CCC)C(=O)CSCCC(=O)O. The van der Waals surface area contributed by atoms with Crippen LogP contribution in [0, 0.1) is 0 Å². The molecule has 0 aromatic rings. The molecule has 0 spiro atoms. The van der Waals surface area contributed by atoms with Crippen molar-refractivity contribution in [2.75, 3.05) is 24.6 Å². The number of hydrogen-bond donors (Lipinski definition) is 1. The summed E-state index contributed by atoms with van der Waals surface area (Å²) in [5.41, 5.74) is 0. The van der Waals surface area contributed by atoms with Gasteiger partial charge in [0.15, 0.2) is 0 Å². The van der Waals surface area contributed by atoms with Crippen molar-refractivity contribution in [3.05, 3.63) is 0 Å². The van der Waals surface area contributed by atoms with Crippen molar-refractivity contribution in [2.24, 2.45) is 0 Å². The van der Waals surface area contributed by atoms with Crippen LogP contribution in [0.4, 0.5) is 0 Å². The van der Waals surface area contributed by atoms with Gasteiger partial charge in [-0.05, 0) is 12.8 Å². The first-order valence-electron chi connectivity index (χ1n) is 5.69. The molecular formula is C11H21NO3S. The highest BCUT2D eigenvalue weighted by Crippen LogP contribution is 2.06. The lowest BCUT2D eigenvalue weighted by atomic mass is 10.3. The highest BCUT2D eigenvalue weighted by atomic mass is 32.2. The smallest absolute Gasteiger partial charge is 0.304 e. The fraction of sp³-hybridized carbons (Fsp3) is 0.818. The predicted molar refractivity (Wildman–Crippen MR) is 66.7 cm³/mol. The monoisotopic (exact) mass is 247 g/mol. The number of amides is 1. The molecule has 0 aromatic carbocycles. The van der Waals surface area contributed by atoms with Crippen LogP contribution in [0.5, 0.6) is 0 Å². The van der Waals surface area contributed by atoms with Crippen LogP contribution in [-0.2, 0) is 9.59 Å². The second-order valence-electron chi connectivity index (χ2n) is 3.58. The standard InChI is InChI=1S/C11H21NO3S/c1-3-6-12(7-4-2)10(13)9-16-8-5-11(14)15/h3-9H2,1-2H3,(H,14,15). The van der Waals surface area contributed by atoms with Crippen molar-refractivity contribution < 1.29 is 14.7 Å². The number of carbonyl (C=O) groups excluding carboxylic acids is 1. The summed E-state index contributed by atoms with van der Waals surface area (Å²) >= 11 is 1.40. The quantitative estimate of drug-likeness (QED) is 0.632. The molecule has 0 saturated carbocycles. The number of rotatable bonds is 9. The van der Waals surface area contributed by atoms with E-state index in [1.54, 1.807) is 0 Å². The minimum Gasteiger partial charge on any atom is -0.481 e. The molecule has 0 heterocycles. The Balaban J connectivity index is 3.77. The van der Waals surface area contributed by atoms with Gasteiger partial charge in [-0.1, -0.05) is 13.8 Å². The number of carboxylic acids is 1. The van der Waals surface area contributed by atoms with Gasteiger partial charge < -0.3 is 10.0 Å². The number of carboxylic acid groups (broad SMARTS) is 1. The summed E-state index contributed by atoms with van der Waals surface area (Å²) in [7, 11) is 0. The van der Waals surface area contributed by atoms with E-state index in [0.29, 0.717) is 11.5 Å².